The molecule has 0 bridgehead atoms. The molecule has 6 nitrogen and oxygen atoms in total. The third-order valence-corrected chi connectivity index (χ3v) is 3.91. The smallest absolute Gasteiger partial charge is 0.315 e. The molecule has 0 aromatic carbocycles. The second-order valence-electron chi connectivity index (χ2n) is 5.66. The Morgan fingerprint density at radius 2 is 2.30 bits per heavy atom. The summed E-state index contributed by atoms with van der Waals surface area (Å²) in [6, 6.07) is -0.102. The molecule has 0 spiro atoms. The molecule has 2 rings (SSSR count). The number of nitrogens with zero attached hydrogens (tertiary/aromatic N) is 3. The molecule has 1 aliphatic heterocycles. The number of aryl methyl sites for hydroxylation is 1. The van der Waals surface area contributed by atoms with Crippen LogP contribution in [0.2, 0.25) is 0 Å². The number of likely N-dealkylation sites (tertiary alicyclic amines) is 1. The Bertz CT molecular complexity index is 431. The fraction of sp³-hybridized carbons (Fsp3) is 0.714. The number of carbonyl (C=O) groups excluding carboxylic acids is 1. The van der Waals surface area contributed by atoms with Gasteiger partial charge in [0.1, 0.15) is 0 Å². The third kappa shape index (κ3) is 4.52. The minimum atomic E-state index is -0.102. The molecule has 0 saturated carbocycles. The van der Waals surface area contributed by atoms with E-state index in [1.54, 1.807) is 12.5 Å². The van der Waals surface area contributed by atoms with Crippen LogP contribution in [0.15, 0.2) is 12.5 Å². The lowest BCUT2D eigenvalue weighted by atomic mass is 9.95. The summed E-state index contributed by atoms with van der Waals surface area (Å²) >= 11 is 0. The van der Waals surface area contributed by atoms with Crippen molar-refractivity contribution >= 4 is 6.03 Å². The number of piperidine rings is 1. The Morgan fingerprint density at radius 1 is 1.45 bits per heavy atom. The second-order valence-corrected chi connectivity index (χ2v) is 5.66. The summed E-state index contributed by atoms with van der Waals surface area (Å²) in [6.07, 6.45) is 7.10. The van der Waals surface area contributed by atoms with E-state index in [4.69, 9.17) is 0 Å². The van der Waals surface area contributed by atoms with Gasteiger partial charge in [0.15, 0.2) is 0 Å². The lowest BCUT2D eigenvalue weighted by Gasteiger charge is -2.29. The Labute approximate surface area is 120 Å². The normalized spacial score (nSPS) is 19.8. The van der Waals surface area contributed by atoms with E-state index in [-0.39, 0.29) is 6.03 Å². The zero-order chi connectivity index (χ0) is 14.4. The van der Waals surface area contributed by atoms with Crippen LogP contribution in [-0.2, 0) is 13.6 Å². The maximum atomic E-state index is 11.7. The molecular formula is C14H25N5O. The number of nitrogens with one attached hydrogen (secondary N) is 2. The molecule has 1 saturated heterocycles. The van der Waals surface area contributed by atoms with Gasteiger partial charge in [0.05, 0.1) is 18.6 Å². The summed E-state index contributed by atoms with van der Waals surface area (Å²) in [4.78, 5) is 18.1. The van der Waals surface area contributed by atoms with Gasteiger partial charge < -0.3 is 20.1 Å². The fourth-order valence-electron chi connectivity index (χ4n) is 2.69. The lowest BCUT2D eigenvalue weighted by molar-refractivity contribution is 0.200. The van der Waals surface area contributed by atoms with Crippen molar-refractivity contribution in [3.63, 3.8) is 0 Å². The van der Waals surface area contributed by atoms with Crippen LogP contribution in [0.4, 0.5) is 4.79 Å². The minimum absolute atomic E-state index is 0.102. The van der Waals surface area contributed by atoms with Gasteiger partial charge in [-0.1, -0.05) is 0 Å². The highest BCUT2D eigenvalue weighted by Crippen LogP contribution is 2.17. The van der Waals surface area contributed by atoms with E-state index in [0.29, 0.717) is 12.5 Å². The number of carbonyl (C=O) groups is 1. The summed E-state index contributed by atoms with van der Waals surface area (Å²) in [7, 11) is 4.09. The van der Waals surface area contributed by atoms with E-state index in [2.05, 4.69) is 27.6 Å². The number of amides is 2. The first-order valence-corrected chi connectivity index (χ1v) is 7.30. The first kappa shape index (κ1) is 14.8. The van der Waals surface area contributed by atoms with Gasteiger partial charge in [-0.3, -0.25) is 0 Å². The largest absolute Gasteiger partial charge is 0.338 e. The zero-order valence-electron chi connectivity index (χ0n) is 12.4. The molecule has 2 amide bonds. The van der Waals surface area contributed by atoms with Crippen LogP contribution in [0, 0.1) is 5.92 Å². The molecule has 2 N–H and O–H groups in total. The SMILES string of the molecule is CN1CCCC(CCNC(=O)NCc2cncn2C)C1. The Kier molecular flexibility index (Phi) is 5.40. The van der Waals surface area contributed by atoms with Crippen molar-refractivity contribution in [2.24, 2.45) is 13.0 Å². The molecule has 112 valence electrons. The average Bonchev–Trinajstić information content (AvgIpc) is 2.82. The Balaban J connectivity index is 1.59. The van der Waals surface area contributed by atoms with Crippen molar-refractivity contribution < 1.29 is 4.79 Å². The average molecular weight is 279 g/mol. The van der Waals surface area contributed by atoms with Crippen molar-refractivity contribution in [1.29, 1.82) is 0 Å². The van der Waals surface area contributed by atoms with Gasteiger partial charge in [-0.2, -0.15) is 0 Å². The molecule has 1 aromatic rings. The van der Waals surface area contributed by atoms with Crippen LogP contribution in [0.3, 0.4) is 0 Å². The van der Waals surface area contributed by atoms with Crippen molar-refractivity contribution in [3.05, 3.63) is 18.2 Å². The van der Waals surface area contributed by atoms with Crippen LogP contribution >= 0.6 is 0 Å². The number of rotatable bonds is 5. The van der Waals surface area contributed by atoms with E-state index in [9.17, 15) is 4.79 Å². The lowest BCUT2D eigenvalue weighted by Crippen LogP contribution is -2.38. The number of hydrogen-bond acceptors (Lipinski definition) is 3. The monoisotopic (exact) mass is 279 g/mol. The van der Waals surface area contributed by atoms with Gasteiger partial charge >= 0.3 is 6.03 Å². The summed E-state index contributed by atoms with van der Waals surface area (Å²) in [5.41, 5.74) is 0.994. The van der Waals surface area contributed by atoms with Gasteiger partial charge in [-0.05, 0) is 38.8 Å². The van der Waals surface area contributed by atoms with E-state index in [1.807, 2.05) is 11.6 Å². The molecule has 1 aromatic heterocycles. The highest BCUT2D eigenvalue weighted by atomic mass is 16.2. The predicted octanol–water partition coefficient (Wildman–Crippen LogP) is 0.951. The molecule has 1 atom stereocenters. The zero-order valence-corrected chi connectivity index (χ0v) is 12.4. The van der Waals surface area contributed by atoms with Crippen molar-refractivity contribution in [3.8, 4) is 0 Å². The summed E-state index contributed by atoms with van der Waals surface area (Å²) in [5.74, 6) is 0.714. The number of urea groups is 1. The van der Waals surface area contributed by atoms with Crippen LogP contribution in [-0.4, -0.2) is 47.2 Å². The first-order valence-electron chi connectivity index (χ1n) is 7.30. The Morgan fingerprint density at radius 3 is 3.00 bits per heavy atom. The topological polar surface area (TPSA) is 62.2 Å². The molecule has 0 aliphatic carbocycles. The minimum Gasteiger partial charge on any atom is -0.338 e. The number of imidazole rings is 1. The summed E-state index contributed by atoms with van der Waals surface area (Å²) in [6.45, 7) is 3.61. The van der Waals surface area contributed by atoms with Crippen molar-refractivity contribution in [2.75, 3.05) is 26.7 Å². The first-order chi connectivity index (χ1) is 9.65. The van der Waals surface area contributed by atoms with Crippen LogP contribution in [0.5, 0.6) is 0 Å². The number of hydrogen-bond donors (Lipinski definition) is 2. The van der Waals surface area contributed by atoms with Gasteiger partial charge in [0.25, 0.3) is 0 Å². The standard InChI is InChI=1S/C14H25N5O/c1-18-7-3-4-12(10-18)5-6-16-14(20)17-9-13-8-15-11-19(13)2/h8,11-12H,3-7,9-10H2,1-2H3,(H2,16,17,20). The third-order valence-electron chi connectivity index (χ3n) is 3.91. The summed E-state index contributed by atoms with van der Waals surface area (Å²) < 4.78 is 1.90. The fourth-order valence-corrected chi connectivity index (χ4v) is 2.69. The maximum Gasteiger partial charge on any atom is 0.315 e. The van der Waals surface area contributed by atoms with Gasteiger partial charge in [-0.15, -0.1) is 0 Å². The van der Waals surface area contributed by atoms with E-state index in [0.717, 1.165) is 25.2 Å². The maximum absolute atomic E-state index is 11.7. The molecule has 0 radical (unpaired) electrons. The molecular weight excluding hydrogens is 254 g/mol. The molecule has 1 unspecified atom stereocenters. The van der Waals surface area contributed by atoms with Gasteiger partial charge in [-0.25, -0.2) is 9.78 Å². The van der Waals surface area contributed by atoms with Crippen LogP contribution in [0.1, 0.15) is 25.0 Å². The van der Waals surface area contributed by atoms with E-state index >= 15 is 0 Å². The van der Waals surface area contributed by atoms with Crippen molar-refractivity contribution in [2.45, 2.75) is 25.8 Å². The predicted molar refractivity (Wildman–Crippen MR) is 78.3 cm³/mol. The molecule has 1 aliphatic rings. The second kappa shape index (κ2) is 7.28. The van der Waals surface area contributed by atoms with Crippen LogP contribution < -0.4 is 10.6 Å². The quantitative estimate of drug-likeness (QED) is 0.843. The molecule has 1 fully saturated rings. The molecule has 2 heterocycles. The van der Waals surface area contributed by atoms with Crippen LogP contribution in [0.25, 0.3) is 0 Å². The van der Waals surface area contributed by atoms with Gasteiger partial charge in [0, 0.05) is 26.3 Å². The van der Waals surface area contributed by atoms with E-state index < -0.39 is 0 Å². The Hall–Kier alpha value is -1.56. The highest BCUT2D eigenvalue weighted by Gasteiger charge is 2.16. The summed E-state index contributed by atoms with van der Waals surface area (Å²) in [5, 5.41) is 5.78. The molecule has 20 heavy (non-hydrogen) atoms. The molecule has 6 heteroatoms. The van der Waals surface area contributed by atoms with E-state index in [1.165, 1.54) is 19.4 Å². The van der Waals surface area contributed by atoms with Crippen molar-refractivity contribution in [1.82, 2.24) is 25.1 Å². The number of aromatic nitrogens is 2. The van der Waals surface area contributed by atoms with Gasteiger partial charge in [0.2, 0.25) is 0 Å². The highest BCUT2D eigenvalue weighted by molar-refractivity contribution is 5.73.